The summed E-state index contributed by atoms with van der Waals surface area (Å²) in [5, 5.41) is 8.68. The number of halogens is 2. The van der Waals surface area contributed by atoms with Gasteiger partial charge in [0.15, 0.2) is 0 Å². The van der Waals surface area contributed by atoms with E-state index in [1.54, 1.807) is 24.3 Å². The van der Waals surface area contributed by atoms with Crippen LogP contribution < -0.4 is 4.74 Å². The van der Waals surface area contributed by atoms with E-state index in [1.165, 1.54) is 18.2 Å². The van der Waals surface area contributed by atoms with Crippen molar-refractivity contribution in [2.24, 2.45) is 0 Å². The van der Waals surface area contributed by atoms with Crippen LogP contribution in [0.5, 0.6) is 5.75 Å². The molecule has 0 spiro atoms. The monoisotopic (exact) mass is 363 g/mol. The quantitative estimate of drug-likeness (QED) is 0.600. The average molecular weight is 364 g/mol. The molecule has 22 heavy (non-hydrogen) atoms. The Hall–Kier alpha value is -2.39. The summed E-state index contributed by atoms with van der Waals surface area (Å²) in [5.74, 6) is -0.416. The van der Waals surface area contributed by atoms with Crippen LogP contribution in [0.15, 0.2) is 46.9 Å². The predicted octanol–water partition coefficient (Wildman–Crippen LogP) is 3.70. The number of benzene rings is 2. The fraction of sp³-hybridized carbons (Fsp3) is 0.125. The van der Waals surface area contributed by atoms with Crippen LogP contribution in [0.2, 0.25) is 0 Å². The number of carbonyl (C=O) groups excluding carboxylic acids is 1. The van der Waals surface area contributed by atoms with Crippen molar-refractivity contribution in [3.05, 3.63) is 63.9 Å². The van der Waals surface area contributed by atoms with Crippen LogP contribution in [0.25, 0.3) is 0 Å². The topological polar surface area (TPSA) is 59.3 Å². The van der Waals surface area contributed by atoms with Gasteiger partial charge in [0.05, 0.1) is 17.2 Å². The Kier molecular flexibility index (Phi) is 5.50. The van der Waals surface area contributed by atoms with Crippen molar-refractivity contribution in [2.75, 3.05) is 13.2 Å². The van der Waals surface area contributed by atoms with Gasteiger partial charge in [-0.15, -0.1) is 0 Å². The Labute approximate surface area is 135 Å². The highest BCUT2D eigenvalue weighted by Crippen LogP contribution is 2.19. The van der Waals surface area contributed by atoms with E-state index in [2.05, 4.69) is 15.9 Å². The van der Waals surface area contributed by atoms with E-state index in [4.69, 9.17) is 14.7 Å². The highest BCUT2D eigenvalue weighted by Gasteiger charge is 2.12. The number of esters is 1. The Balaban J connectivity index is 1.80. The molecule has 0 radical (unpaired) electrons. The van der Waals surface area contributed by atoms with Gasteiger partial charge in [-0.2, -0.15) is 5.26 Å². The van der Waals surface area contributed by atoms with Gasteiger partial charge in [-0.1, -0.05) is 0 Å². The van der Waals surface area contributed by atoms with Crippen molar-refractivity contribution in [3.63, 3.8) is 0 Å². The SMILES string of the molecule is N#Cc1ccc(OCCOC(=O)c2ccc(F)cc2Br)cc1. The van der Waals surface area contributed by atoms with Gasteiger partial charge in [-0.25, -0.2) is 9.18 Å². The highest BCUT2D eigenvalue weighted by atomic mass is 79.9. The first-order chi connectivity index (χ1) is 10.6. The molecule has 112 valence electrons. The summed E-state index contributed by atoms with van der Waals surface area (Å²) in [6, 6.07) is 12.3. The fourth-order valence-corrected chi connectivity index (χ4v) is 2.17. The largest absolute Gasteiger partial charge is 0.490 e. The minimum absolute atomic E-state index is 0.0582. The molecule has 0 amide bonds. The number of hydrogen-bond donors (Lipinski definition) is 0. The van der Waals surface area contributed by atoms with Gasteiger partial charge in [-0.05, 0) is 58.4 Å². The van der Waals surface area contributed by atoms with Gasteiger partial charge < -0.3 is 9.47 Å². The summed E-state index contributed by atoms with van der Waals surface area (Å²) in [6.45, 7) is 0.235. The number of ether oxygens (including phenoxy) is 2. The Morgan fingerprint density at radius 2 is 1.91 bits per heavy atom. The van der Waals surface area contributed by atoms with Gasteiger partial charge in [0.1, 0.15) is 24.8 Å². The molecule has 0 unspecified atom stereocenters. The molecule has 0 N–H and O–H groups in total. The number of nitriles is 1. The minimum atomic E-state index is -0.560. The molecule has 0 aromatic heterocycles. The maximum absolute atomic E-state index is 12.9. The van der Waals surface area contributed by atoms with E-state index in [9.17, 15) is 9.18 Å². The molecule has 0 aliphatic heterocycles. The maximum Gasteiger partial charge on any atom is 0.339 e. The van der Waals surface area contributed by atoms with E-state index >= 15 is 0 Å². The number of carbonyl (C=O) groups is 1. The van der Waals surface area contributed by atoms with Gasteiger partial charge in [0.25, 0.3) is 0 Å². The lowest BCUT2D eigenvalue weighted by molar-refractivity contribution is 0.0449. The van der Waals surface area contributed by atoms with Crippen molar-refractivity contribution in [3.8, 4) is 11.8 Å². The van der Waals surface area contributed by atoms with Crippen molar-refractivity contribution in [1.82, 2.24) is 0 Å². The molecule has 2 aromatic carbocycles. The van der Waals surface area contributed by atoms with Crippen LogP contribution in [0.1, 0.15) is 15.9 Å². The Morgan fingerprint density at radius 3 is 2.55 bits per heavy atom. The van der Waals surface area contributed by atoms with E-state index in [0.717, 1.165) is 0 Å². The summed E-state index contributed by atoms with van der Waals surface area (Å²) >= 11 is 3.11. The second-order valence-electron chi connectivity index (χ2n) is 4.24. The third-order valence-electron chi connectivity index (χ3n) is 2.72. The first-order valence-corrected chi connectivity index (χ1v) is 7.14. The first-order valence-electron chi connectivity index (χ1n) is 6.35. The molecule has 0 aliphatic carbocycles. The summed E-state index contributed by atoms with van der Waals surface area (Å²) < 4.78 is 23.7. The molecular weight excluding hydrogens is 353 g/mol. The third kappa shape index (κ3) is 4.30. The number of nitrogens with zero attached hydrogens (tertiary/aromatic N) is 1. The molecule has 4 nitrogen and oxygen atoms in total. The minimum Gasteiger partial charge on any atom is -0.490 e. The van der Waals surface area contributed by atoms with Crippen molar-refractivity contribution >= 4 is 21.9 Å². The van der Waals surface area contributed by atoms with Crippen LogP contribution in [0, 0.1) is 17.1 Å². The van der Waals surface area contributed by atoms with Crippen LogP contribution in [-0.4, -0.2) is 19.2 Å². The molecule has 0 saturated heterocycles. The zero-order valence-electron chi connectivity index (χ0n) is 11.4. The molecule has 2 aromatic rings. The second kappa shape index (κ2) is 7.57. The lowest BCUT2D eigenvalue weighted by Crippen LogP contribution is -2.13. The molecule has 0 fully saturated rings. The molecule has 0 aliphatic rings. The number of hydrogen-bond acceptors (Lipinski definition) is 4. The lowest BCUT2D eigenvalue weighted by Gasteiger charge is -2.08. The zero-order valence-corrected chi connectivity index (χ0v) is 13.0. The normalized spacial score (nSPS) is 9.86. The van der Waals surface area contributed by atoms with Crippen LogP contribution in [-0.2, 0) is 4.74 Å². The molecule has 2 rings (SSSR count). The molecular formula is C16H11BrFNO3. The summed E-state index contributed by atoms with van der Waals surface area (Å²) in [6.07, 6.45) is 0. The lowest BCUT2D eigenvalue weighted by atomic mass is 10.2. The van der Waals surface area contributed by atoms with Crippen molar-refractivity contribution in [2.45, 2.75) is 0 Å². The molecule has 6 heteroatoms. The Morgan fingerprint density at radius 1 is 1.18 bits per heavy atom. The second-order valence-corrected chi connectivity index (χ2v) is 5.10. The molecule has 0 atom stereocenters. The van der Waals surface area contributed by atoms with Crippen molar-refractivity contribution < 1.29 is 18.7 Å². The summed E-state index contributed by atoms with van der Waals surface area (Å²) in [7, 11) is 0. The first kappa shape index (κ1) is 16.0. The summed E-state index contributed by atoms with van der Waals surface area (Å²) in [4.78, 5) is 11.8. The maximum atomic E-state index is 12.9. The average Bonchev–Trinajstić information content (AvgIpc) is 2.52. The molecule has 0 heterocycles. The van der Waals surface area contributed by atoms with E-state index < -0.39 is 11.8 Å². The zero-order chi connectivity index (χ0) is 15.9. The molecule has 0 saturated carbocycles. The summed E-state index contributed by atoms with van der Waals surface area (Å²) in [5.41, 5.74) is 0.791. The van der Waals surface area contributed by atoms with Gasteiger partial charge >= 0.3 is 5.97 Å². The van der Waals surface area contributed by atoms with Crippen molar-refractivity contribution in [1.29, 1.82) is 5.26 Å². The van der Waals surface area contributed by atoms with Crippen LogP contribution >= 0.6 is 15.9 Å². The van der Waals surface area contributed by atoms with E-state index in [1.807, 2.05) is 6.07 Å². The van der Waals surface area contributed by atoms with Gasteiger partial charge in [-0.3, -0.25) is 0 Å². The van der Waals surface area contributed by atoms with Crippen LogP contribution in [0.3, 0.4) is 0 Å². The van der Waals surface area contributed by atoms with Gasteiger partial charge in [0, 0.05) is 4.47 Å². The molecule has 0 bridgehead atoms. The van der Waals surface area contributed by atoms with E-state index in [-0.39, 0.29) is 18.8 Å². The highest BCUT2D eigenvalue weighted by molar-refractivity contribution is 9.10. The third-order valence-corrected chi connectivity index (χ3v) is 3.38. The van der Waals surface area contributed by atoms with Crippen LogP contribution in [0.4, 0.5) is 4.39 Å². The number of rotatable bonds is 5. The smallest absolute Gasteiger partial charge is 0.339 e. The van der Waals surface area contributed by atoms with Gasteiger partial charge in [0.2, 0.25) is 0 Å². The fourth-order valence-electron chi connectivity index (χ4n) is 1.65. The Bertz CT molecular complexity index is 710. The predicted molar refractivity (Wildman–Crippen MR) is 81.0 cm³/mol. The standard InChI is InChI=1S/C16H11BrFNO3/c17-15-9-12(18)3-6-14(15)16(20)22-8-7-21-13-4-1-11(10-19)2-5-13/h1-6,9H,7-8H2. The van der Waals surface area contributed by atoms with E-state index in [0.29, 0.717) is 15.8 Å².